The first-order chi connectivity index (χ1) is 19.8. The molecule has 1 saturated heterocycles. The van der Waals surface area contributed by atoms with Gasteiger partial charge in [-0.1, -0.05) is 67.6 Å². The van der Waals surface area contributed by atoms with Gasteiger partial charge >= 0.3 is 5.97 Å². The maximum absolute atomic E-state index is 12.2. The van der Waals surface area contributed by atoms with Gasteiger partial charge in [0.1, 0.15) is 0 Å². The number of ether oxygens (including phenoxy) is 3. The molecule has 9 heteroatoms. The maximum Gasteiger partial charge on any atom is 0.303 e. The third-order valence-corrected chi connectivity index (χ3v) is 7.46. The van der Waals surface area contributed by atoms with E-state index < -0.39 is 18.4 Å². The van der Waals surface area contributed by atoms with Gasteiger partial charge in [-0.2, -0.15) is 0 Å². The van der Waals surface area contributed by atoms with E-state index >= 15 is 0 Å². The molecule has 1 aromatic heterocycles. The van der Waals surface area contributed by atoms with Gasteiger partial charge in [-0.3, -0.25) is 9.59 Å². The number of amides is 1. The van der Waals surface area contributed by atoms with Crippen molar-refractivity contribution in [1.82, 2.24) is 14.9 Å². The minimum atomic E-state index is -0.856. The van der Waals surface area contributed by atoms with Crippen molar-refractivity contribution < 1.29 is 28.9 Å². The molecule has 1 aliphatic rings. The van der Waals surface area contributed by atoms with Gasteiger partial charge in [-0.05, 0) is 35.7 Å². The molecule has 3 aromatic carbocycles. The molecule has 5 rings (SSSR count). The van der Waals surface area contributed by atoms with Gasteiger partial charge in [-0.25, -0.2) is 4.98 Å². The summed E-state index contributed by atoms with van der Waals surface area (Å²) in [5, 5.41) is 12.3. The molecule has 0 radical (unpaired) electrons. The van der Waals surface area contributed by atoms with Crippen molar-refractivity contribution in [3.8, 4) is 0 Å². The number of esters is 1. The highest BCUT2D eigenvalue weighted by Crippen LogP contribution is 2.42. The second-order valence-electron chi connectivity index (χ2n) is 10.4. The Morgan fingerprint density at radius 2 is 1.68 bits per heavy atom. The average molecular weight is 558 g/mol. The fourth-order valence-corrected chi connectivity index (χ4v) is 5.11. The molecule has 41 heavy (non-hydrogen) atoms. The second-order valence-corrected chi connectivity index (χ2v) is 10.4. The molecular formula is C32H35N3O6. The van der Waals surface area contributed by atoms with Crippen LogP contribution in [0.4, 0.5) is 0 Å². The summed E-state index contributed by atoms with van der Waals surface area (Å²) in [6.07, 6.45) is -0.0211. The van der Waals surface area contributed by atoms with E-state index in [0.717, 1.165) is 33.3 Å². The van der Waals surface area contributed by atoms with Crippen molar-refractivity contribution in [1.29, 1.82) is 0 Å². The predicted octanol–water partition coefficient (Wildman–Crippen LogP) is 4.59. The number of aliphatic hydroxyl groups is 1. The Balaban J connectivity index is 1.35. The van der Waals surface area contributed by atoms with Gasteiger partial charge in [0, 0.05) is 24.9 Å². The average Bonchev–Trinajstić information content (AvgIpc) is 3.39. The maximum atomic E-state index is 12.2. The number of hydrogen-bond acceptors (Lipinski definition) is 7. The van der Waals surface area contributed by atoms with Crippen LogP contribution in [0.15, 0.2) is 79.1 Å². The van der Waals surface area contributed by atoms with E-state index in [0.29, 0.717) is 13.1 Å². The number of aromatic nitrogens is 2. The normalized spacial score (nSPS) is 21.4. The lowest BCUT2D eigenvalue weighted by Crippen LogP contribution is -2.39. The van der Waals surface area contributed by atoms with Crippen molar-refractivity contribution in [2.45, 2.75) is 65.1 Å². The molecule has 0 bridgehead atoms. The fourth-order valence-electron chi connectivity index (χ4n) is 5.11. The molecule has 4 aromatic rings. The van der Waals surface area contributed by atoms with Crippen LogP contribution in [0.1, 0.15) is 55.4 Å². The summed E-state index contributed by atoms with van der Waals surface area (Å²) in [5.41, 5.74) is 5.59. The minimum absolute atomic E-state index is 0.0150. The Morgan fingerprint density at radius 1 is 1.00 bits per heavy atom. The van der Waals surface area contributed by atoms with Crippen LogP contribution in [0, 0.1) is 5.92 Å². The summed E-state index contributed by atoms with van der Waals surface area (Å²) in [5.74, 6) is -0.829. The fraction of sp³-hybridized carbons (Fsp3) is 0.344. The molecule has 2 heterocycles. The molecule has 9 nitrogen and oxygen atoms in total. The molecule has 5 atom stereocenters. The third-order valence-electron chi connectivity index (χ3n) is 7.46. The van der Waals surface area contributed by atoms with Crippen LogP contribution in [-0.2, 0) is 43.5 Å². The smallest absolute Gasteiger partial charge is 0.303 e. The molecule has 214 valence electrons. The molecular weight excluding hydrogens is 522 g/mol. The number of para-hydroxylation sites is 2. The molecule has 0 saturated carbocycles. The quantitative estimate of drug-likeness (QED) is 0.290. The number of rotatable bonds is 9. The minimum Gasteiger partial charge on any atom is -0.453 e. The number of carbonyl (C=O) groups excluding carboxylic acids is 2. The van der Waals surface area contributed by atoms with Gasteiger partial charge in [0.05, 0.1) is 42.7 Å². The number of imidazole rings is 1. The molecule has 1 fully saturated rings. The number of nitrogens with zero attached hydrogens (tertiary/aromatic N) is 2. The van der Waals surface area contributed by atoms with E-state index in [9.17, 15) is 14.7 Å². The van der Waals surface area contributed by atoms with Crippen molar-refractivity contribution in [3.05, 3.63) is 101 Å². The zero-order chi connectivity index (χ0) is 28.9. The predicted molar refractivity (Wildman–Crippen MR) is 152 cm³/mol. The zero-order valence-electron chi connectivity index (χ0n) is 23.4. The number of carbonyl (C=O) groups is 2. The van der Waals surface area contributed by atoms with Crippen molar-refractivity contribution in [2.24, 2.45) is 5.92 Å². The molecule has 1 amide bonds. The van der Waals surface area contributed by atoms with Gasteiger partial charge in [0.2, 0.25) is 0 Å². The van der Waals surface area contributed by atoms with E-state index in [2.05, 4.69) is 27.9 Å². The van der Waals surface area contributed by atoms with Gasteiger partial charge in [-0.15, -0.1) is 0 Å². The molecule has 1 unspecified atom stereocenters. The van der Waals surface area contributed by atoms with E-state index in [4.69, 9.17) is 14.2 Å². The summed E-state index contributed by atoms with van der Waals surface area (Å²) < 4.78 is 20.2. The van der Waals surface area contributed by atoms with Crippen LogP contribution in [0.25, 0.3) is 11.0 Å². The summed E-state index contributed by atoms with van der Waals surface area (Å²) in [7, 11) is 0. The summed E-state index contributed by atoms with van der Waals surface area (Å²) in [4.78, 5) is 27.9. The Labute approximate surface area is 239 Å². The summed E-state index contributed by atoms with van der Waals surface area (Å²) >= 11 is 0. The van der Waals surface area contributed by atoms with E-state index in [-0.39, 0.29) is 30.6 Å². The van der Waals surface area contributed by atoms with Crippen LogP contribution < -0.4 is 5.32 Å². The van der Waals surface area contributed by atoms with E-state index in [1.807, 2.05) is 73.1 Å². The Morgan fingerprint density at radius 3 is 2.39 bits per heavy atom. The number of fused-ring (bicyclic) bond motifs is 1. The third kappa shape index (κ3) is 6.65. The topological polar surface area (TPSA) is 112 Å². The lowest BCUT2D eigenvalue weighted by Gasteiger charge is -2.41. The lowest BCUT2D eigenvalue weighted by atomic mass is 9.90. The monoisotopic (exact) mass is 557 g/mol. The number of aliphatic hydroxyl groups excluding tert-OH is 1. The lowest BCUT2D eigenvalue weighted by molar-refractivity contribution is -0.276. The van der Waals surface area contributed by atoms with Crippen molar-refractivity contribution in [2.75, 3.05) is 0 Å². The zero-order valence-corrected chi connectivity index (χ0v) is 23.4. The molecule has 1 aliphatic heterocycles. The molecule has 0 spiro atoms. The highest BCUT2D eigenvalue weighted by Gasteiger charge is 2.38. The Kier molecular flexibility index (Phi) is 8.78. The van der Waals surface area contributed by atoms with Crippen LogP contribution in [0.5, 0.6) is 0 Å². The van der Waals surface area contributed by atoms with Crippen LogP contribution in [0.2, 0.25) is 0 Å². The first-order valence-electron chi connectivity index (χ1n) is 13.8. The molecule has 2 N–H and O–H groups in total. The van der Waals surface area contributed by atoms with Crippen LogP contribution >= 0.6 is 0 Å². The first kappa shape index (κ1) is 28.5. The van der Waals surface area contributed by atoms with Crippen molar-refractivity contribution >= 4 is 22.9 Å². The van der Waals surface area contributed by atoms with Crippen molar-refractivity contribution in [3.63, 3.8) is 0 Å². The summed E-state index contributed by atoms with van der Waals surface area (Å²) in [6.45, 7) is 5.83. The standard InChI is InChI=1S/C32H35N3O6/c1-20-29(17-35-19-34-27-6-4-5-7-28(27)35)40-32(41-30(20)25-12-10-24(18-36)11-13-25)26-14-8-23(9-15-26)16-33-31(38)21(2)39-22(3)37/h4-15,19-21,29-30,32,36H,16-18H2,1-3H3,(H,33,38)/t20-,21-,29+,30+,32?/m0/s1. The summed E-state index contributed by atoms with van der Waals surface area (Å²) in [6, 6.07) is 23.6. The SMILES string of the molecule is CC(=O)O[C@@H](C)C(=O)NCc1ccc(C2O[C@H](Cn3cnc4ccccc43)[C@H](C)[C@H](c3ccc(CO)cc3)O2)cc1. The van der Waals surface area contributed by atoms with Crippen LogP contribution in [0.3, 0.4) is 0 Å². The van der Waals surface area contributed by atoms with E-state index in [1.165, 1.54) is 13.8 Å². The number of nitrogens with one attached hydrogen (secondary N) is 1. The van der Waals surface area contributed by atoms with Gasteiger partial charge < -0.3 is 29.2 Å². The highest BCUT2D eigenvalue weighted by molar-refractivity contribution is 5.82. The Hall–Kier alpha value is -4.05. The second kappa shape index (κ2) is 12.6. The van der Waals surface area contributed by atoms with Gasteiger partial charge in [0.25, 0.3) is 5.91 Å². The largest absolute Gasteiger partial charge is 0.453 e. The van der Waals surface area contributed by atoms with Crippen LogP contribution in [-0.4, -0.2) is 38.7 Å². The number of hydrogen-bond donors (Lipinski definition) is 2. The van der Waals surface area contributed by atoms with Gasteiger partial charge in [0.15, 0.2) is 12.4 Å². The molecule has 0 aliphatic carbocycles. The number of benzene rings is 3. The highest BCUT2D eigenvalue weighted by atomic mass is 16.7. The van der Waals surface area contributed by atoms with E-state index in [1.54, 1.807) is 0 Å². The first-order valence-corrected chi connectivity index (χ1v) is 13.8. The Bertz CT molecular complexity index is 1480.